The third-order valence-corrected chi connectivity index (χ3v) is 4.94. The topological polar surface area (TPSA) is 61.0 Å². The van der Waals surface area contributed by atoms with Gasteiger partial charge in [-0.1, -0.05) is 30.3 Å². The monoisotopic (exact) mass is 471 g/mol. The maximum absolute atomic E-state index is 12.0. The zero-order valence-corrected chi connectivity index (χ0v) is 16.3. The quantitative estimate of drug-likeness (QED) is 0.305. The third kappa shape index (κ3) is 4.11. The number of hydrogen-bond donors (Lipinski definition) is 0. The van der Waals surface area contributed by atoms with Crippen LogP contribution in [0.15, 0.2) is 82.0 Å². The molecule has 1 aliphatic heterocycles. The van der Waals surface area contributed by atoms with Crippen molar-refractivity contribution in [1.29, 1.82) is 0 Å². The highest BCUT2D eigenvalue weighted by molar-refractivity contribution is 14.1. The first-order valence-electron chi connectivity index (χ1n) is 8.22. The lowest BCUT2D eigenvalue weighted by atomic mass is 10.2. The lowest BCUT2D eigenvalue weighted by Crippen LogP contribution is -2.04. The van der Waals surface area contributed by atoms with Gasteiger partial charge in [-0.05, 0) is 64.6 Å². The van der Waals surface area contributed by atoms with Crippen LogP contribution < -0.4 is 4.74 Å². The van der Waals surface area contributed by atoms with Crippen molar-refractivity contribution in [2.24, 2.45) is 4.99 Å². The molecule has 27 heavy (non-hydrogen) atoms. The predicted octanol–water partition coefficient (Wildman–Crippen LogP) is 4.81. The van der Waals surface area contributed by atoms with Crippen molar-refractivity contribution < 1.29 is 18.7 Å². The Morgan fingerprint density at radius 2 is 1.85 bits per heavy atom. The average Bonchev–Trinajstić information content (AvgIpc) is 3.33. The summed E-state index contributed by atoms with van der Waals surface area (Å²) in [6.45, 7) is 0.503. The number of carbonyl (C=O) groups is 1. The van der Waals surface area contributed by atoms with Gasteiger partial charge in [0.05, 0.1) is 6.26 Å². The smallest absolute Gasteiger partial charge is 0.363 e. The van der Waals surface area contributed by atoms with Gasteiger partial charge < -0.3 is 13.9 Å². The summed E-state index contributed by atoms with van der Waals surface area (Å²) >= 11 is 2.29. The number of halogens is 1. The van der Waals surface area contributed by atoms with E-state index in [0.717, 1.165) is 16.9 Å². The molecule has 0 aliphatic carbocycles. The molecule has 0 radical (unpaired) electrons. The van der Waals surface area contributed by atoms with E-state index in [1.54, 1.807) is 18.2 Å². The van der Waals surface area contributed by atoms with Crippen LogP contribution in [0.5, 0.6) is 5.75 Å². The normalized spacial score (nSPS) is 14.9. The van der Waals surface area contributed by atoms with E-state index in [4.69, 9.17) is 13.9 Å². The van der Waals surface area contributed by atoms with E-state index < -0.39 is 5.97 Å². The first kappa shape index (κ1) is 17.5. The minimum Gasteiger partial charge on any atom is -0.489 e. The molecule has 0 N–H and O–H groups in total. The fourth-order valence-corrected chi connectivity index (χ4v) is 3.05. The number of nitrogens with zero attached hydrogens (tertiary/aromatic N) is 1. The number of benzene rings is 2. The van der Waals surface area contributed by atoms with Crippen molar-refractivity contribution in [2.45, 2.75) is 6.61 Å². The van der Waals surface area contributed by atoms with Crippen LogP contribution in [0.25, 0.3) is 6.08 Å². The zero-order chi connectivity index (χ0) is 18.6. The van der Waals surface area contributed by atoms with Crippen LogP contribution in [-0.2, 0) is 16.1 Å². The molecule has 1 aliphatic rings. The molecule has 0 saturated heterocycles. The van der Waals surface area contributed by atoms with E-state index in [0.29, 0.717) is 12.4 Å². The van der Waals surface area contributed by atoms with Gasteiger partial charge in [0, 0.05) is 9.13 Å². The fourth-order valence-electron chi connectivity index (χ4n) is 2.51. The van der Waals surface area contributed by atoms with Gasteiger partial charge in [0.25, 0.3) is 5.90 Å². The molecule has 0 spiro atoms. The lowest BCUT2D eigenvalue weighted by molar-refractivity contribution is -0.130. The van der Waals surface area contributed by atoms with Gasteiger partial charge in [0.15, 0.2) is 11.5 Å². The van der Waals surface area contributed by atoms with Crippen molar-refractivity contribution in [1.82, 2.24) is 0 Å². The number of esters is 1. The molecule has 6 heteroatoms. The van der Waals surface area contributed by atoms with Gasteiger partial charge in [-0.25, -0.2) is 9.79 Å². The predicted molar refractivity (Wildman–Crippen MR) is 109 cm³/mol. The molecule has 0 unspecified atom stereocenters. The molecule has 4 rings (SSSR count). The second-order valence-electron chi connectivity index (χ2n) is 5.76. The summed E-state index contributed by atoms with van der Waals surface area (Å²) in [4.78, 5) is 16.2. The molecule has 0 fully saturated rings. The summed E-state index contributed by atoms with van der Waals surface area (Å²) < 4.78 is 17.3. The molecule has 0 atom stereocenters. The minimum absolute atomic E-state index is 0.175. The van der Waals surface area contributed by atoms with Crippen LogP contribution in [0.1, 0.15) is 16.9 Å². The van der Waals surface area contributed by atoms with Crippen molar-refractivity contribution >= 4 is 40.5 Å². The van der Waals surface area contributed by atoms with Gasteiger partial charge in [0.1, 0.15) is 12.4 Å². The van der Waals surface area contributed by atoms with E-state index in [9.17, 15) is 4.79 Å². The van der Waals surface area contributed by atoms with Crippen molar-refractivity contribution in [3.05, 3.63) is 93.1 Å². The van der Waals surface area contributed by atoms with Gasteiger partial charge in [-0.15, -0.1) is 0 Å². The van der Waals surface area contributed by atoms with E-state index >= 15 is 0 Å². The Labute approximate surface area is 169 Å². The van der Waals surface area contributed by atoms with Crippen LogP contribution in [0.3, 0.4) is 0 Å². The summed E-state index contributed by atoms with van der Waals surface area (Å²) in [6.07, 6.45) is 3.17. The summed E-state index contributed by atoms with van der Waals surface area (Å²) in [5.74, 6) is 0.852. The maximum Gasteiger partial charge on any atom is 0.363 e. The van der Waals surface area contributed by atoms with Crippen molar-refractivity contribution in [3.63, 3.8) is 0 Å². The second-order valence-corrected chi connectivity index (χ2v) is 6.92. The highest BCUT2D eigenvalue weighted by atomic mass is 127. The number of carbonyl (C=O) groups excluding carboxylic acids is 1. The van der Waals surface area contributed by atoms with Crippen LogP contribution >= 0.6 is 22.6 Å². The number of rotatable bonds is 5. The molecule has 3 aromatic rings. The zero-order valence-electron chi connectivity index (χ0n) is 14.1. The Bertz CT molecular complexity index is 1020. The third-order valence-electron chi connectivity index (χ3n) is 3.89. The molecule has 0 amide bonds. The van der Waals surface area contributed by atoms with Crippen LogP contribution in [-0.4, -0.2) is 11.9 Å². The summed E-state index contributed by atoms with van der Waals surface area (Å²) in [5, 5.41) is 0. The van der Waals surface area contributed by atoms with E-state index in [-0.39, 0.29) is 11.6 Å². The minimum atomic E-state index is -0.500. The molecular formula is C21H14INO4. The number of furan rings is 1. The Balaban J connectivity index is 1.45. The Morgan fingerprint density at radius 1 is 1.04 bits per heavy atom. The molecule has 2 aromatic carbocycles. The van der Waals surface area contributed by atoms with Gasteiger partial charge in [-0.3, -0.25) is 0 Å². The molecule has 1 aromatic heterocycles. The Morgan fingerprint density at radius 3 is 2.59 bits per heavy atom. The largest absolute Gasteiger partial charge is 0.489 e. The highest BCUT2D eigenvalue weighted by Crippen LogP contribution is 2.21. The van der Waals surface area contributed by atoms with Gasteiger partial charge in [-0.2, -0.15) is 0 Å². The first-order chi connectivity index (χ1) is 13.2. The van der Waals surface area contributed by atoms with E-state index in [1.807, 2.05) is 48.5 Å². The number of aliphatic imine (C=N–C) groups is 1. The Kier molecular flexibility index (Phi) is 5.06. The Hall–Kier alpha value is -2.87. The molecule has 134 valence electrons. The SMILES string of the molecule is O=C1OC(c2ccco2)=N/C1=C\c1ccc(OCc2ccccc2I)cc1. The fraction of sp³-hybridized carbons (Fsp3) is 0.0476. The molecule has 0 saturated carbocycles. The standard InChI is InChI=1S/C21H14INO4/c22-17-5-2-1-4-15(17)13-26-16-9-7-14(8-10-16)12-18-21(24)27-20(23-18)19-6-3-11-25-19/h1-12H,13H2/b18-12-. The van der Waals surface area contributed by atoms with Crippen LogP contribution in [0, 0.1) is 3.57 Å². The van der Waals surface area contributed by atoms with E-state index in [2.05, 4.69) is 27.6 Å². The molecule has 2 heterocycles. The number of hydrogen-bond acceptors (Lipinski definition) is 5. The van der Waals surface area contributed by atoms with Crippen molar-refractivity contribution in [3.8, 4) is 5.75 Å². The highest BCUT2D eigenvalue weighted by Gasteiger charge is 2.25. The van der Waals surface area contributed by atoms with Crippen LogP contribution in [0.2, 0.25) is 0 Å². The van der Waals surface area contributed by atoms with E-state index in [1.165, 1.54) is 9.83 Å². The lowest BCUT2D eigenvalue weighted by Gasteiger charge is -2.08. The summed E-state index contributed by atoms with van der Waals surface area (Å²) in [5.41, 5.74) is 2.19. The van der Waals surface area contributed by atoms with Gasteiger partial charge >= 0.3 is 5.97 Å². The molecule has 5 nitrogen and oxygen atoms in total. The molecular weight excluding hydrogens is 457 g/mol. The average molecular weight is 471 g/mol. The second kappa shape index (κ2) is 7.79. The van der Waals surface area contributed by atoms with Crippen molar-refractivity contribution in [2.75, 3.05) is 0 Å². The molecule has 0 bridgehead atoms. The maximum atomic E-state index is 12.0. The first-order valence-corrected chi connectivity index (χ1v) is 9.29. The summed E-state index contributed by atoms with van der Waals surface area (Å²) in [6, 6.07) is 18.9. The number of cyclic esters (lactones) is 1. The number of ether oxygens (including phenoxy) is 2. The summed E-state index contributed by atoms with van der Waals surface area (Å²) in [7, 11) is 0. The van der Waals surface area contributed by atoms with Crippen LogP contribution in [0.4, 0.5) is 0 Å². The van der Waals surface area contributed by atoms with Gasteiger partial charge in [0.2, 0.25) is 0 Å².